The van der Waals surface area contributed by atoms with Gasteiger partial charge in [0.1, 0.15) is 11.2 Å². The number of para-hydroxylation sites is 1. The summed E-state index contributed by atoms with van der Waals surface area (Å²) in [6.45, 7) is 0. The number of amides is 1. The molecule has 3 aromatic rings. The highest BCUT2D eigenvalue weighted by Crippen LogP contribution is 2.47. The van der Waals surface area contributed by atoms with E-state index in [-0.39, 0.29) is 11.7 Å². The van der Waals surface area contributed by atoms with Crippen LogP contribution in [0.1, 0.15) is 16.7 Å². The summed E-state index contributed by atoms with van der Waals surface area (Å²) in [5.41, 5.74) is 2.64. The molecule has 0 radical (unpaired) electrons. The first kappa shape index (κ1) is 15.6. The van der Waals surface area contributed by atoms with Crippen molar-refractivity contribution < 1.29 is 9.18 Å². The first-order chi connectivity index (χ1) is 12.1. The van der Waals surface area contributed by atoms with Gasteiger partial charge in [-0.05, 0) is 41.3 Å². The summed E-state index contributed by atoms with van der Waals surface area (Å²) in [5.74, 6) is -0.354. The van der Waals surface area contributed by atoms with Crippen molar-refractivity contribution in [2.24, 2.45) is 0 Å². The van der Waals surface area contributed by atoms with Crippen molar-refractivity contribution in [3.63, 3.8) is 0 Å². The zero-order chi connectivity index (χ0) is 17.4. The number of carbonyl (C=O) groups excluding carboxylic acids is 1. The summed E-state index contributed by atoms with van der Waals surface area (Å²) in [6, 6.07) is 24.1. The Morgan fingerprint density at radius 1 is 0.920 bits per heavy atom. The molecule has 4 rings (SSSR count). The van der Waals surface area contributed by atoms with Gasteiger partial charge in [-0.15, -0.1) is 0 Å². The molecule has 1 atom stereocenters. The summed E-state index contributed by atoms with van der Waals surface area (Å²) >= 11 is 0. The van der Waals surface area contributed by atoms with E-state index in [2.05, 4.69) is 0 Å². The fourth-order valence-electron chi connectivity index (χ4n) is 3.85. The summed E-state index contributed by atoms with van der Waals surface area (Å²) in [6.07, 6.45) is 0.498. The first-order valence-electron chi connectivity index (χ1n) is 8.30. The second-order valence-corrected chi connectivity index (χ2v) is 6.46. The molecule has 1 aliphatic heterocycles. The number of likely N-dealkylation sites (N-methyl/N-ethyl adjacent to an activating group) is 1. The second kappa shape index (κ2) is 5.85. The van der Waals surface area contributed by atoms with Crippen molar-refractivity contribution in [2.45, 2.75) is 11.8 Å². The Morgan fingerprint density at radius 3 is 2.40 bits per heavy atom. The van der Waals surface area contributed by atoms with E-state index in [9.17, 15) is 9.18 Å². The molecule has 0 N–H and O–H groups in total. The number of fused-ring (bicyclic) bond motifs is 1. The van der Waals surface area contributed by atoms with Gasteiger partial charge in [0.25, 0.3) is 0 Å². The molecule has 0 saturated carbocycles. The number of rotatable bonds is 3. The molecule has 1 aliphatic rings. The molecule has 0 spiro atoms. The number of hydrogen-bond acceptors (Lipinski definition) is 1. The quantitative estimate of drug-likeness (QED) is 0.699. The summed E-state index contributed by atoms with van der Waals surface area (Å²) in [7, 11) is 1.78. The lowest BCUT2D eigenvalue weighted by atomic mass is 9.71. The molecular weight excluding hydrogens is 313 g/mol. The molecule has 0 bridgehead atoms. The Labute approximate surface area is 146 Å². The molecular formula is C22H18FNO. The Bertz CT molecular complexity index is 938. The average Bonchev–Trinajstić information content (AvgIpc) is 2.86. The van der Waals surface area contributed by atoms with Gasteiger partial charge >= 0.3 is 0 Å². The monoisotopic (exact) mass is 331 g/mol. The van der Waals surface area contributed by atoms with Crippen molar-refractivity contribution in [2.75, 3.05) is 11.9 Å². The Balaban J connectivity index is 1.99. The van der Waals surface area contributed by atoms with Gasteiger partial charge in [-0.2, -0.15) is 0 Å². The van der Waals surface area contributed by atoms with Crippen molar-refractivity contribution in [1.29, 1.82) is 0 Å². The van der Waals surface area contributed by atoms with E-state index in [0.29, 0.717) is 12.0 Å². The van der Waals surface area contributed by atoms with E-state index in [1.54, 1.807) is 18.0 Å². The summed E-state index contributed by atoms with van der Waals surface area (Å²) < 4.78 is 14.0. The molecule has 0 aromatic heterocycles. The molecule has 1 unspecified atom stereocenters. The largest absolute Gasteiger partial charge is 0.314 e. The molecule has 2 nitrogen and oxygen atoms in total. The van der Waals surface area contributed by atoms with Crippen molar-refractivity contribution >= 4 is 11.6 Å². The fourth-order valence-corrected chi connectivity index (χ4v) is 3.85. The summed E-state index contributed by atoms with van der Waals surface area (Å²) in [4.78, 5) is 15.1. The predicted octanol–water partition coefficient (Wildman–Crippen LogP) is 4.33. The number of carbonyl (C=O) groups is 1. The minimum Gasteiger partial charge on any atom is -0.314 e. The van der Waals surface area contributed by atoms with E-state index in [0.717, 1.165) is 16.8 Å². The zero-order valence-electron chi connectivity index (χ0n) is 13.9. The van der Waals surface area contributed by atoms with Crippen LogP contribution in [0, 0.1) is 5.82 Å². The van der Waals surface area contributed by atoms with Crippen LogP contribution in [0.3, 0.4) is 0 Å². The number of anilines is 1. The lowest BCUT2D eigenvalue weighted by molar-refractivity contribution is -0.121. The normalized spacial score (nSPS) is 19.1. The lowest BCUT2D eigenvalue weighted by Gasteiger charge is -2.29. The number of nitrogens with zero attached hydrogens (tertiary/aromatic N) is 1. The van der Waals surface area contributed by atoms with E-state index >= 15 is 0 Å². The smallest absolute Gasteiger partial charge is 0.242 e. The van der Waals surface area contributed by atoms with Gasteiger partial charge in [0.2, 0.25) is 5.91 Å². The first-order valence-corrected chi connectivity index (χ1v) is 8.30. The second-order valence-electron chi connectivity index (χ2n) is 6.46. The third-order valence-corrected chi connectivity index (χ3v) is 5.02. The van der Waals surface area contributed by atoms with Crippen molar-refractivity contribution in [3.8, 4) is 0 Å². The molecule has 3 heteroatoms. The van der Waals surface area contributed by atoms with Crippen LogP contribution in [-0.4, -0.2) is 13.0 Å². The average molecular weight is 331 g/mol. The van der Waals surface area contributed by atoms with E-state index in [1.807, 2.05) is 60.7 Å². The molecule has 0 saturated heterocycles. The van der Waals surface area contributed by atoms with Crippen LogP contribution in [0.5, 0.6) is 0 Å². The van der Waals surface area contributed by atoms with Crippen LogP contribution in [0.4, 0.5) is 10.1 Å². The van der Waals surface area contributed by atoms with Gasteiger partial charge < -0.3 is 4.90 Å². The highest BCUT2D eigenvalue weighted by Gasteiger charge is 2.50. The summed E-state index contributed by atoms with van der Waals surface area (Å²) in [5, 5.41) is 0. The number of halogens is 1. The number of hydrogen-bond donors (Lipinski definition) is 0. The van der Waals surface area contributed by atoms with Gasteiger partial charge in [0.05, 0.1) is 0 Å². The van der Waals surface area contributed by atoms with Crippen LogP contribution in [0.25, 0.3) is 0 Å². The highest BCUT2D eigenvalue weighted by molar-refractivity contribution is 6.10. The minimum absolute atomic E-state index is 0.0249. The molecule has 1 amide bonds. The van der Waals surface area contributed by atoms with Gasteiger partial charge in [-0.1, -0.05) is 60.7 Å². The van der Waals surface area contributed by atoms with Crippen LogP contribution < -0.4 is 4.90 Å². The Hall–Kier alpha value is -2.94. The third-order valence-electron chi connectivity index (χ3n) is 5.02. The van der Waals surface area contributed by atoms with Gasteiger partial charge in [0.15, 0.2) is 0 Å². The molecule has 1 heterocycles. The SMILES string of the molecule is CN1C(=O)C(Cc2ccccc2)(c2cccc(F)c2)c2ccccc21. The van der Waals surface area contributed by atoms with E-state index in [1.165, 1.54) is 12.1 Å². The maximum Gasteiger partial charge on any atom is 0.242 e. The standard InChI is InChI=1S/C22H18FNO/c1-24-20-13-6-5-12-19(20)22(21(24)25,15-16-8-3-2-4-9-16)17-10-7-11-18(23)14-17/h2-14H,15H2,1H3. The fraction of sp³-hybridized carbons (Fsp3) is 0.136. The van der Waals surface area contributed by atoms with Crippen LogP contribution in [0.2, 0.25) is 0 Å². The number of benzene rings is 3. The lowest BCUT2D eigenvalue weighted by Crippen LogP contribution is -2.41. The van der Waals surface area contributed by atoms with Crippen molar-refractivity contribution in [3.05, 3.63) is 101 Å². The van der Waals surface area contributed by atoms with E-state index in [4.69, 9.17) is 0 Å². The predicted molar refractivity (Wildman–Crippen MR) is 97.2 cm³/mol. The maximum absolute atomic E-state index is 14.0. The highest BCUT2D eigenvalue weighted by atomic mass is 19.1. The van der Waals surface area contributed by atoms with E-state index < -0.39 is 5.41 Å². The molecule has 0 fully saturated rings. The third kappa shape index (κ3) is 2.35. The topological polar surface area (TPSA) is 20.3 Å². The van der Waals surface area contributed by atoms with Crippen LogP contribution >= 0.6 is 0 Å². The molecule has 25 heavy (non-hydrogen) atoms. The van der Waals surface area contributed by atoms with Gasteiger partial charge in [-0.3, -0.25) is 4.79 Å². The molecule has 3 aromatic carbocycles. The zero-order valence-corrected chi connectivity index (χ0v) is 13.9. The van der Waals surface area contributed by atoms with Gasteiger partial charge in [0, 0.05) is 12.7 Å². The Morgan fingerprint density at radius 2 is 1.64 bits per heavy atom. The molecule has 0 aliphatic carbocycles. The Kier molecular flexibility index (Phi) is 3.65. The minimum atomic E-state index is -0.908. The van der Waals surface area contributed by atoms with Crippen LogP contribution in [-0.2, 0) is 16.6 Å². The van der Waals surface area contributed by atoms with Gasteiger partial charge in [-0.25, -0.2) is 4.39 Å². The van der Waals surface area contributed by atoms with Crippen molar-refractivity contribution in [1.82, 2.24) is 0 Å². The molecule has 124 valence electrons. The maximum atomic E-state index is 14.0. The van der Waals surface area contributed by atoms with Crippen LogP contribution in [0.15, 0.2) is 78.9 Å².